The molecule has 1 atom stereocenters. The van der Waals surface area contributed by atoms with Gasteiger partial charge in [-0.3, -0.25) is 19.3 Å². The van der Waals surface area contributed by atoms with Crippen molar-refractivity contribution >= 4 is 40.0 Å². The largest absolute Gasteiger partial charge is 0.462 e. The van der Waals surface area contributed by atoms with Crippen LogP contribution < -0.4 is 5.32 Å². The lowest BCUT2D eigenvalue weighted by atomic mass is 10.0. The van der Waals surface area contributed by atoms with Crippen molar-refractivity contribution in [3.63, 3.8) is 0 Å². The molecule has 1 aromatic heterocycles. The molecule has 170 valence electrons. The van der Waals surface area contributed by atoms with E-state index in [9.17, 15) is 19.2 Å². The molecule has 0 bridgehead atoms. The number of nitrogens with zero attached hydrogens (tertiary/aromatic N) is 1. The van der Waals surface area contributed by atoms with Crippen molar-refractivity contribution in [1.29, 1.82) is 0 Å². The number of thiophene rings is 1. The van der Waals surface area contributed by atoms with Gasteiger partial charge in [-0.25, -0.2) is 4.79 Å². The predicted octanol–water partition coefficient (Wildman–Crippen LogP) is 4.53. The first-order valence-corrected chi connectivity index (χ1v) is 11.7. The zero-order valence-corrected chi connectivity index (χ0v) is 19.6. The summed E-state index contributed by atoms with van der Waals surface area (Å²) in [6, 6.07) is 7.31. The van der Waals surface area contributed by atoms with Gasteiger partial charge in [-0.1, -0.05) is 32.9 Å². The Hall–Kier alpha value is -3.00. The fourth-order valence-electron chi connectivity index (χ4n) is 3.62. The van der Waals surface area contributed by atoms with Crippen LogP contribution in [0.15, 0.2) is 30.3 Å². The minimum atomic E-state index is -0.980. The van der Waals surface area contributed by atoms with E-state index in [1.807, 2.05) is 20.8 Å². The Bertz CT molecular complexity index is 1010. The predicted molar refractivity (Wildman–Crippen MR) is 123 cm³/mol. The third-order valence-electron chi connectivity index (χ3n) is 5.32. The highest BCUT2D eigenvalue weighted by atomic mass is 32.1. The van der Waals surface area contributed by atoms with Gasteiger partial charge in [0.2, 0.25) is 5.91 Å². The molecule has 7 nitrogen and oxygen atoms in total. The van der Waals surface area contributed by atoms with Gasteiger partial charge in [0, 0.05) is 4.88 Å². The van der Waals surface area contributed by atoms with Crippen LogP contribution in [0.3, 0.4) is 0 Å². The number of hydrogen-bond donors (Lipinski definition) is 1. The number of carbonyl (C=O) groups is 4. The first kappa shape index (κ1) is 23.7. The lowest BCUT2D eigenvalue weighted by Gasteiger charge is -2.26. The molecule has 0 radical (unpaired) electrons. The molecule has 1 aliphatic heterocycles. The van der Waals surface area contributed by atoms with Crippen LogP contribution in [0.4, 0.5) is 5.00 Å². The Kier molecular flexibility index (Phi) is 7.45. The number of benzene rings is 1. The number of carbonyl (C=O) groups excluding carboxylic acids is 4. The van der Waals surface area contributed by atoms with Gasteiger partial charge < -0.3 is 10.1 Å². The molecule has 2 heterocycles. The third-order valence-corrected chi connectivity index (χ3v) is 6.52. The molecule has 0 aliphatic carbocycles. The smallest absolute Gasteiger partial charge is 0.341 e. The molecule has 0 saturated carbocycles. The standard InChI is InChI=1S/C24H28N2O5S/c1-5-15-13-18(24(30)31-6-2)21(32-15)25-20(27)19(12-11-14(3)4)26-22(28)16-9-7-8-10-17(16)23(26)29/h7-10,13-14,19H,5-6,11-12H2,1-4H3,(H,25,27). The highest BCUT2D eigenvalue weighted by Crippen LogP contribution is 2.32. The van der Waals surface area contributed by atoms with Crippen LogP contribution in [0.25, 0.3) is 0 Å². The quantitative estimate of drug-likeness (QED) is 0.442. The van der Waals surface area contributed by atoms with E-state index in [-0.39, 0.29) is 18.1 Å². The second-order valence-electron chi connectivity index (χ2n) is 8.03. The van der Waals surface area contributed by atoms with Gasteiger partial charge in [0.05, 0.1) is 23.3 Å². The molecule has 8 heteroatoms. The van der Waals surface area contributed by atoms with E-state index >= 15 is 0 Å². The minimum absolute atomic E-state index is 0.218. The molecule has 0 saturated heterocycles. The van der Waals surface area contributed by atoms with E-state index in [4.69, 9.17) is 4.74 Å². The topological polar surface area (TPSA) is 92.8 Å². The number of hydrogen-bond acceptors (Lipinski definition) is 6. The number of anilines is 1. The Morgan fingerprint density at radius 1 is 1.06 bits per heavy atom. The highest BCUT2D eigenvalue weighted by molar-refractivity contribution is 7.16. The van der Waals surface area contributed by atoms with Gasteiger partial charge in [0.1, 0.15) is 11.0 Å². The van der Waals surface area contributed by atoms with Crippen LogP contribution in [0, 0.1) is 5.92 Å². The SMILES string of the molecule is CCOC(=O)c1cc(CC)sc1NC(=O)C(CCC(C)C)N1C(=O)c2ccccc2C1=O. The highest BCUT2D eigenvalue weighted by Gasteiger charge is 2.42. The lowest BCUT2D eigenvalue weighted by molar-refractivity contribution is -0.120. The zero-order valence-electron chi connectivity index (χ0n) is 18.8. The Balaban J connectivity index is 1.92. The van der Waals surface area contributed by atoms with E-state index in [0.29, 0.717) is 35.4 Å². The number of fused-ring (bicyclic) bond motifs is 1. The molecule has 1 aromatic carbocycles. The number of aryl methyl sites for hydroxylation is 1. The number of imide groups is 1. The maximum absolute atomic E-state index is 13.4. The maximum Gasteiger partial charge on any atom is 0.341 e. The Labute approximate surface area is 191 Å². The van der Waals surface area contributed by atoms with Crippen LogP contribution in [-0.2, 0) is 16.0 Å². The van der Waals surface area contributed by atoms with E-state index in [1.165, 1.54) is 11.3 Å². The molecular formula is C24H28N2O5S. The van der Waals surface area contributed by atoms with E-state index in [2.05, 4.69) is 5.32 Å². The van der Waals surface area contributed by atoms with Crippen LogP contribution in [0.5, 0.6) is 0 Å². The van der Waals surface area contributed by atoms with Crippen LogP contribution in [0.1, 0.15) is 76.5 Å². The number of amides is 3. The van der Waals surface area contributed by atoms with Crippen molar-refractivity contribution in [2.75, 3.05) is 11.9 Å². The normalized spacial score (nSPS) is 14.0. The van der Waals surface area contributed by atoms with Crippen LogP contribution in [0.2, 0.25) is 0 Å². The number of nitrogens with one attached hydrogen (secondary N) is 1. The summed E-state index contributed by atoms with van der Waals surface area (Å²) in [6.07, 6.45) is 1.68. The van der Waals surface area contributed by atoms with Crippen molar-refractivity contribution in [3.8, 4) is 0 Å². The van der Waals surface area contributed by atoms with Crippen LogP contribution in [-0.4, -0.2) is 41.2 Å². The average Bonchev–Trinajstić information content (AvgIpc) is 3.28. The second kappa shape index (κ2) is 10.1. The van der Waals surface area contributed by atoms with Crippen LogP contribution >= 0.6 is 11.3 Å². The molecule has 32 heavy (non-hydrogen) atoms. The maximum atomic E-state index is 13.4. The molecule has 1 unspecified atom stereocenters. The summed E-state index contributed by atoms with van der Waals surface area (Å²) >= 11 is 1.29. The third kappa shape index (κ3) is 4.75. The zero-order chi connectivity index (χ0) is 23.4. The van der Waals surface area contributed by atoms with Crippen molar-refractivity contribution in [2.24, 2.45) is 5.92 Å². The summed E-state index contributed by atoms with van der Waals surface area (Å²) in [6.45, 7) is 7.92. The van der Waals surface area contributed by atoms with Gasteiger partial charge in [-0.2, -0.15) is 0 Å². The molecule has 0 fully saturated rings. The van der Waals surface area contributed by atoms with Gasteiger partial charge >= 0.3 is 5.97 Å². The summed E-state index contributed by atoms with van der Waals surface area (Å²) < 4.78 is 5.12. The molecular weight excluding hydrogens is 428 g/mol. The number of ether oxygens (including phenoxy) is 1. The molecule has 1 N–H and O–H groups in total. The van der Waals surface area contributed by atoms with E-state index in [0.717, 1.165) is 9.78 Å². The lowest BCUT2D eigenvalue weighted by Crippen LogP contribution is -2.47. The van der Waals surface area contributed by atoms with Crippen molar-refractivity contribution in [2.45, 2.75) is 53.0 Å². The van der Waals surface area contributed by atoms with E-state index in [1.54, 1.807) is 37.3 Å². The van der Waals surface area contributed by atoms with Crippen molar-refractivity contribution < 1.29 is 23.9 Å². The summed E-state index contributed by atoms with van der Waals surface area (Å²) in [5, 5.41) is 3.18. The molecule has 2 aromatic rings. The number of esters is 1. The van der Waals surface area contributed by atoms with Gasteiger partial charge in [0.15, 0.2) is 0 Å². The molecule has 3 rings (SSSR count). The Morgan fingerprint density at radius 2 is 1.69 bits per heavy atom. The first-order chi connectivity index (χ1) is 15.3. The fraction of sp³-hybridized carbons (Fsp3) is 0.417. The fourth-order valence-corrected chi connectivity index (χ4v) is 4.61. The van der Waals surface area contributed by atoms with Gasteiger partial charge in [0.25, 0.3) is 11.8 Å². The molecule has 0 spiro atoms. The second-order valence-corrected chi connectivity index (χ2v) is 9.17. The summed E-state index contributed by atoms with van der Waals surface area (Å²) in [7, 11) is 0. The summed E-state index contributed by atoms with van der Waals surface area (Å²) in [5.74, 6) is -1.67. The molecule has 1 aliphatic rings. The van der Waals surface area contributed by atoms with Gasteiger partial charge in [-0.15, -0.1) is 11.3 Å². The summed E-state index contributed by atoms with van der Waals surface area (Å²) in [4.78, 5) is 53.8. The Morgan fingerprint density at radius 3 is 2.22 bits per heavy atom. The average molecular weight is 457 g/mol. The van der Waals surface area contributed by atoms with Crippen molar-refractivity contribution in [3.05, 3.63) is 51.9 Å². The minimum Gasteiger partial charge on any atom is -0.462 e. The van der Waals surface area contributed by atoms with Crippen molar-refractivity contribution in [1.82, 2.24) is 4.90 Å². The first-order valence-electron chi connectivity index (χ1n) is 10.9. The summed E-state index contributed by atoms with van der Waals surface area (Å²) in [5.41, 5.74) is 0.889. The monoisotopic (exact) mass is 456 g/mol. The molecule has 3 amide bonds. The number of rotatable bonds is 9. The van der Waals surface area contributed by atoms with E-state index < -0.39 is 29.7 Å². The van der Waals surface area contributed by atoms with Gasteiger partial charge in [-0.05, 0) is 50.3 Å².